The standard InChI is InChI=1S/C22H20F3N5O3/c1-12-8-15(22(23,24)25)11-18(27-12)30-17(9-13(2)29-30)21(33)28-16(19(31)20(26)32)10-14-6-4-3-5-7-14/h3-9,11,16H,10H2,1-2H3,(H2,26,32)(H,28,33). The maximum absolute atomic E-state index is 13.3. The predicted octanol–water partition coefficient (Wildman–Crippen LogP) is 2.30. The van der Waals surface area contributed by atoms with Crippen molar-refractivity contribution in [2.24, 2.45) is 5.73 Å². The first-order valence-corrected chi connectivity index (χ1v) is 9.77. The molecular weight excluding hydrogens is 439 g/mol. The second-order valence-electron chi connectivity index (χ2n) is 7.38. The Morgan fingerprint density at radius 2 is 1.73 bits per heavy atom. The van der Waals surface area contributed by atoms with Crippen LogP contribution in [0.15, 0.2) is 48.5 Å². The van der Waals surface area contributed by atoms with Gasteiger partial charge < -0.3 is 11.1 Å². The van der Waals surface area contributed by atoms with Crippen LogP contribution in [0.4, 0.5) is 13.2 Å². The molecule has 0 saturated heterocycles. The van der Waals surface area contributed by atoms with Gasteiger partial charge in [-0.2, -0.15) is 18.3 Å². The lowest BCUT2D eigenvalue weighted by Gasteiger charge is -2.17. The number of hydrogen-bond donors (Lipinski definition) is 2. The van der Waals surface area contributed by atoms with Crippen LogP contribution in [-0.2, 0) is 22.2 Å². The highest BCUT2D eigenvalue weighted by atomic mass is 19.4. The van der Waals surface area contributed by atoms with E-state index in [2.05, 4.69) is 15.4 Å². The number of carbonyl (C=O) groups excluding carboxylic acids is 3. The number of pyridine rings is 1. The Morgan fingerprint density at radius 3 is 2.33 bits per heavy atom. The zero-order valence-corrected chi connectivity index (χ0v) is 17.7. The molecule has 3 rings (SSSR count). The Kier molecular flexibility index (Phi) is 6.61. The number of aromatic nitrogens is 3. The first-order chi connectivity index (χ1) is 15.5. The molecule has 8 nitrogen and oxygen atoms in total. The lowest BCUT2D eigenvalue weighted by atomic mass is 10.0. The number of amides is 2. The molecule has 0 bridgehead atoms. The van der Waals surface area contributed by atoms with Gasteiger partial charge in [0.25, 0.3) is 11.8 Å². The van der Waals surface area contributed by atoms with Gasteiger partial charge in [0.05, 0.1) is 11.3 Å². The zero-order valence-electron chi connectivity index (χ0n) is 17.7. The zero-order chi connectivity index (χ0) is 24.3. The number of aryl methyl sites for hydroxylation is 2. The van der Waals surface area contributed by atoms with Crippen LogP contribution in [-0.4, -0.2) is 38.4 Å². The molecule has 3 N–H and O–H groups in total. The molecule has 0 radical (unpaired) electrons. The van der Waals surface area contributed by atoms with E-state index < -0.39 is 35.4 Å². The fourth-order valence-corrected chi connectivity index (χ4v) is 3.22. The molecule has 1 unspecified atom stereocenters. The summed E-state index contributed by atoms with van der Waals surface area (Å²) in [6.45, 7) is 2.93. The second kappa shape index (κ2) is 9.23. The van der Waals surface area contributed by atoms with Gasteiger partial charge in [0, 0.05) is 12.1 Å². The average Bonchev–Trinajstić information content (AvgIpc) is 3.14. The summed E-state index contributed by atoms with van der Waals surface area (Å²) in [5.41, 5.74) is 5.09. The van der Waals surface area contributed by atoms with E-state index in [0.29, 0.717) is 11.3 Å². The minimum Gasteiger partial charge on any atom is -0.363 e. The molecule has 0 spiro atoms. The third kappa shape index (κ3) is 5.62. The van der Waals surface area contributed by atoms with E-state index in [0.717, 1.165) is 16.8 Å². The Hall–Kier alpha value is -4.02. The number of nitrogens with zero attached hydrogens (tertiary/aromatic N) is 3. The van der Waals surface area contributed by atoms with Crippen molar-refractivity contribution < 1.29 is 27.6 Å². The van der Waals surface area contributed by atoms with Gasteiger partial charge in [-0.25, -0.2) is 9.67 Å². The van der Waals surface area contributed by atoms with Crippen molar-refractivity contribution in [3.05, 3.63) is 76.7 Å². The van der Waals surface area contributed by atoms with Crippen molar-refractivity contribution in [1.82, 2.24) is 20.1 Å². The van der Waals surface area contributed by atoms with E-state index >= 15 is 0 Å². The number of primary amides is 1. The van der Waals surface area contributed by atoms with Crippen molar-refractivity contribution in [3.8, 4) is 5.82 Å². The summed E-state index contributed by atoms with van der Waals surface area (Å²) in [6, 6.07) is 10.3. The van der Waals surface area contributed by atoms with Crippen LogP contribution in [0, 0.1) is 13.8 Å². The van der Waals surface area contributed by atoms with E-state index in [1.165, 1.54) is 13.0 Å². The summed E-state index contributed by atoms with van der Waals surface area (Å²) in [7, 11) is 0. The first kappa shape index (κ1) is 23.6. The fraction of sp³-hybridized carbons (Fsp3) is 0.227. The van der Waals surface area contributed by atoms with E-state index in [1.54, 1.807) is 37.3 Å². The number of alkyl halides is 3. The highest BCUT2D eigenvalue weighted by molar-refractivity contribution is 6.38. The number of benzene rings is 1. The van der Waals surface area contributed by atoms with Crippen molar-refractivity contribution in [3.63, 3.8) is 0 Å². The summed E-state index contributed by atoms with van der Waals surface area (Å²) < 4.78 is 40.7. The molecule has 3 aromatic rings. The number of nitrogens with two attached hydrogens (primary N) is 1. The van der Waals surface area contributed by atoms with E-state index in [-0.39, 0.29) is 23.6 Å². The smallest absolute Gasteiger partial charge is 0.363 e. The predicted molar refractivity (Wildman–Crippen MR) is 111 cm³/mol. The Balaban J connectivity index is 1.97. The van der Waals surface area contributed by atoms with Crippen LogP contribution >= 0.6 is 0 Å². The van der Waals surface area contributed by atoms with Gasteiger partial charge in [0.2, 0.25) is 5.78 Å². The molecule has 33 heavy (non-hydrogen) atoms. The Bertz CT molecular complexity index is 1210. The molecule has 11 heteroatoms. The van der Waals surface area contributed by atoms with Crippen molar-refractivity contribution in [2.75, 3.05) is 0 Å². The maximum Gasteiger partial charge on any atom is 0.416 e. The molecule has 0 aliphatic carbocycles. The van der Waals surface area contributed by atoms with Crippen LogP contribution in [0.25, 0.3) is 5.82 Å². The highest BCUT2D eigenvalue weighted by Crippen LogP contribution is 2.30. The molecular formula is C22H20F3N5O3. The maximum atomic E-state index is 13.3. The van der Waals surface area contributed by atoms with Crippen LogP contribution in [0.2, 0.25) is 0 Å². The molecule has 2 aromatic heterocycles. The summed E-state index contributed by atoms with van der Waals surface area (Å²) in [5.74, 6) is -3.29. The van der Waals surface area contributed by atoms with Crippen LogP contribution in [0.5, 0.6) is 0 Å². The second-order valence-corrected chi connectivity index (χ2v) is 7.38. The number of carbonyl (C=O) groups is 3. The molecule has 2 heterocycles. The third-order valence-electron chi connectivity index (χ3n) is 4.70. The van der Waals surface area contributed by atoms with Crippen LogP contribution in [0.1, 0.15) is 33.0 Å². The fourth-order valence-electron chi connectivity index (χ4n) is 3.22. The molecule has 0 saturated carbocycles. The summed E-state index contributed by atoms with van der Waals surface area (Å²) >= 11 is 0. The van der Waals surface area contributed by atoms with Gasteiger partial charge in [0.1, 0.15) is 11.7 Å². The van der Waals surface area contributed by atoms with Gasteiger partial charge in [-0.3, -0.25) is 14.4 Å². The molecule has 2 amide bonds. The van der Waals surface area contributed by atoms with Gasteiger partial charge in [-0.15, -0.1) is 0 Å². The number of rotatable bonds is 7. The van der Waals surface area contributed by atoms with Crippen molar-refractivity contribution in [2.45, 2.75) is 32.5 Å². The van der Waals surface area contributed by atoms with Crippen molar-refractivity contribution in [1.29, 1.82) is 0 Å². The van der Waals surface area contributed by atoms with Crippen LogP contribution < -0.4 is 11.1 Å². The summed E-state index contributed by atoms with van der Waals surface area (Å²) in [5, 5.41) is 6.53. The monoisotopic (exact) mass is 459 g/mol. The van der Waals surface area contributed by atoms with Gasteiger partial charge >= 0.3 is 6.18 Å². The van der Waals surface area contributed by atoms with E-state index in [9.17, 15) is 27.6 Å². The largest absolute Gasteiger partial charge is 0.416 e. The normalized spacial score (nSPS) is 12.3. The topological polar surface area (TPSA) is 120 Å². The molecule has 0 aliphatic heterocycles. The summed E-state index contributed by atoms with van der Waals surface area (Å²) in [6.07, 6.45) is -4.63. The number of hydrogen-bond acceptors (Lipinski definition) is 5. The molecule has 172 valence electrons. The molecule has 1 aromatic carbocycles. The van der Waals surface area contributed by atoms with E-state index in [4.69, 9.17) is 5.73 Å². The SMILES string of the molecule is Cc1cc(C(F)(F)F)cc(-n2nc(C)cc2C(=O)NC(Cc2ccccc2)C(=O)C(N)=O)n1. The number of halogens is 3. The Morgan fingerprint density at radius 1 is 1.06 bits per heavy atom. The van der Waals surface area contributed by atoms with Gasteiger partial charge in [0.15, 0.2) is 5.82 Å². The minimum absolute atomic E-state index is 0.0115. The van der Waals surface area contributed by atoms with Gasteiger partial charge in [-0.05, 0) is 37.6 Å². The number of Topliss-reactive ketones (excluding diaryl/α,β-unsaturated/α-hetero) is 1. The Labute approximate surface area is 186 Å². The minimum atomic E-state index is -4.62. The van der Waals surface area contributed by atoms with E-state index in [1.807, 2.05) is 0 Å². The molecule has 0 aliphatic rings. The summed E-state index contributed by atoms with van der Waals surface area (Å²) in [4.78, 5) is 40.9. The van der Waals surface area contributed by atoms with Gasteiger partial charge in [-0.1, -0.05) is 30.3 Å². The van der Waals surface area contributed by atoms with Crippen molar-refractivity contribution >= 4 is 17.6 Å². The molecule has 0 fully saturated rings. The third-order valence-corrected chi connectivity index (χ3v) is 4.70. The lowest BCUT2D eigenvalue weighted by molar-refractivity contribution is -0.137. The average molecular weight is 459 g/mol. The number of ketones is 1. The first-order valence-electron chi connectivity index (χ1n) is 9.77. The molecule has 1 atom stereocenters. The number of nitrogens with one attached hydrogen (secondary N) is 1. The lowest BCUT2D eigenvalue weighted by Crippen LogP contribution is -2.47. The highest BCUT2D eigenvalue weighted by Gasteiger charge is 2.32. The quantitative estimate of drug-likeness (QED) is 0.526. The van der Waals surface area contributed by atoms with Crippen LogP contribution in [0.3, 0.4) is 0 Å².